The lowest BCUT2D eigenvalue weighted by atomic mass is 10.0. The lowest BCUT2D eigenvalue weighted by Crippen LogP contribution is -2.47. The number of amides is 1. The van der Waals surface area contributed by atoms with Gasteiger partial charge in [-0.15, -0.1) is 0 Å². The Balaban J connectivity index is 1.66. The van der Waals surface area contributed by atoms with Crippen LogP contribution in [0.25, 0.3) is 22.2 Å². The number of methoxy groups -OCH3 is 2. The van der Waals surface area contributed by atoms with Crippen LogP contribution in [0.3, 0.4) is 0 Å². The maximum atomic E-state index is 15.1. The molecule has 3 aromatic rings. The number of aromatic nitrogens is 3. The minimum atomic E-state index is -1.04. The number of aryl methyl sites for hydroxylation is 1. The first-order valence-corrected chi connectivity index (χ1v) is 11.7. The van der Waals surface area contributed by atoms with E-state index in [2.05, 4.69) is 20.6 Å². The predicted octanol–water partition coefficient (Wildman–Crippen LogP) is 2.99. The van der Waals surface area contributed by atoms with Crippen molar-refractivity contribution < 1.29 is 32.5 Å². The lowest BCUT2D eigenvalue weighted by molar-refractivity contribution is 0.0497. The van der Waals surface area contributed by atoms with E-state index in [1.165, 1.54) is 38.1 Å². The van der Waals surface area contributed by atoms with E-state index < -0.39 is 40.5 Å². The number of ether oxygens (including phenoxy) is 4. The molecule has 2 N–H and O–H groups in total. The third-order valence-corrected chi connectivity index (χ3v) is 5.89. The number of pyridine rings is 1. The van der Waals surface area contributed by atoms with Crippen molar-refractivity contribution in [2.45, 2.75) is 38.5 Å². The van der Waals surface area contributed by atoms with Gasteiger partial charge >= 0.3 is 6.09 Å². The number of hydrogen-bond acceptors (Lipinski definition) is 9. The molecule has 0 radical (unpaired) electrons. The Morgan fingerprint density at radius 2 is 1.74 bits per heavy atom. The smallest absolute Gasteiger partial charge is 0.408 e. The molecule has 0 spiro atoms. The van der Waals surface area contributed by atoms with Gasteiger partial charge in [0.2, 0.25) is 5.95 Å². The number of alkyl carbamates (subject to hydrolysis) is 1. The van der Waals surface area contributed by atoms with Crippen molar-refractivity contribution in [2.24, 2.45) is 7.05 Å². The van der Waals surface area contributed by atoms with Gasteiger partial charge in [0.15, 0.2) is 23.1 Å². The number of halogens is 2. The summed E-state index contributed by atoms with van der Waals surface area (Å²) >= 11 is 0. The van der Waals surface area contributed by atoms with E-state index >= 15 is 8.78 Å². The molecule has 13 heteroatoms. The van der Waals surface area contributed by atoms with Crippen LogP contribution in [0, 0.1) is 11.6 Å². The van der Waals surface area contributed by atoms with E-state index in [1.807, 2.05) is 0 Å². The quantitative estimate of drug-likeness (QED) is 0.492. The van der Waals surface area contributed by atoms with Crippen molar-refractivity contribution in [2.75, 3.05) is 32.8 Å². The summed E-state index contributed by atoms with van der Waals surface area (Å²) in [5.74, 6) is -2.45. The average Bonchev–Trinajstić information content (AvgIpc) is 3.27. The van der Waals surface area contributed by atoms with Gasteiger partial charge < -0.3 is 29.6 Å². The van der Waals surface area contributed by atoms with Crippen LogP contribution in [0.15, 0.2) is 23.1 Å². The van der Waals surface area contributed by atoms with Crippen LogP contribution >= 0.6 is 0 Å². The molecular weight excluding hydrogens is 504 g/mol. The fourth-order valence-corrected chi connectivity index (χ4v) is 4.08. The van der Waals surface area contributed by atoms with Gasteiger partial charge in [0.25, 0.3) is 5.56 Å². The average molecular weight is 534 g/mol. The monoisotopic (exact) mass is 533 g/mol. The van der Waals surface area contributed by atoms with E-state index in [1.54, 1.807) is 20.8 Å². The molecule has 1 amide bonds. The number of fused-ring (bicyclic) bond motifs is 1. The summed E-state index contributed by atoms with van der Waals surface area (Å²) in [7, 11) is 3.89. The van der Waals surface area contributed by atoms with Crippen LogP contribution in [0.5, 0.6) is 11.5 Å². The fraction of sp³-hybridized carbons (Fsp3) is 0.440. The highest BCUT2D eigenvalue weighted by Gasteiger charge is 2.32. The summed E-state index contributed by atoms with van der Waals surface area (Å²) < 4.78 is 52.1. The van der Waals surface area contributed by atoms with Gasteiger partial charge in [0.05, 0.1) is 50.6 Å². The lowest BCUT2D eigenvalue weighted by Gasteiger charge is -2.24. The summed E-state index contributed by atoms with van der Waals surface area (Å²) in [5.41, 5.74) is -1.95. The molecule has 2 aromatic heterocycles. The first-order valence-electron chi connectivity index (χ1n) is 11.7. The third kappa shape index (κ3) is 5.32. The highest BCUT2D eigenvalue weighted by Crippen LogP contribution is 2.37. The van der Waals surface area contributed by atoms with E-state index in [-0.39, 0.29) is 47.9 Å². The Hall–Kier alpha value is -4.00. The maximum Gasteiger partial charge on any atom is 0.408 e. The van der Waals surface area contributed by atoms with Crippen LogP contribution in [-0.2, 0) is 16.5 Å². The highest BCUT2D eigenvalue weighted by molar-refractivity contribution is 5.82. The highest BCUT2D eigenvalue weighted by atomic mass is 19.1. The van der Waals surface area contributed by atoms with Gasteiger partial charge in [0, 0.05) is 24.7 Å². The van der Waals surface area contributed by atoms with Crippen molar-refractivity contribution >= 4 is 23.1 Å². The standard InChI is InChI=1S/C25H29F2N5O6/c1-25(2,3)38-24(34)30-15-11-37-10-14(15)29-23-28-9-12-7-13(22(33)32(4)21(12)31-23)18-19(26)16(35-5)8-17(36-6)20(18)27/h7-9,14-15H,10-11H2,1-6H3,(H,30,34)(H,28,29,31)/t14-,15+/m1/s1. The van der Waals surface area contributed by atoms with Gasteiger partial charge in [-0.25, -0.2) is 18.6 Å². The maximum absolute atomic E-state index is 15.1. The first kappa shape index (κ1) is 27.0. The Labute approximate surface area is 217 Å². The molecule has 1 saturated heterocycles. The van der Waals surface area contributed by atoms with E-state index in [4.69, 9.17) is 18.9 Å². The van der Waals surface area contributed by atoms with Crippen molar-refractivity contribution in [1.82, 2.24) is 19.9 Å². The zero-order valence-electron chi connectivity index (χ0n) is 21.8. The number of carbonyl (C=O) groups excluding carboxylic acids is 1. The van der Waals surface area contributed by atoms with Crippen molar-refractivity contribution in [1.29, 1.82) is 0 Å². The zero-order chi connectivity index (χ0) is 27.8. The number of rotatable bonds is 6. The number of nitrogens with zero attached hydrogens (tertiary/aromatic N) is 3. The number of carbonyl (C=O) groups is 1. The Kier molecular flexibility index (Phi) is 7.40. The van der Waals surface area contributed by atoms with Crippen LogP contribution in [0.4, 0.5) is 19.5 Å². The Morgan fingerprint density at radius 1 is 1.11 bits per heavy atom. The molecule has 204 valence electrons. The molecule has 0 bridgehead atoms. The van der Waals surface area contributed by atoms with Crippen molar-refractivity contribution in [3.63, 3.8) is 0 Å². The van der Waals surface area contributed by atoms with E-state index in [0.29, 0.717) is 5.39 Å². The molecule has 1 aromatic carbocycles. The second-order valence-electron chi connectivity index (χ2n) is 9.72. The molecule has 1 aliphatic heterocycles. The van der Waals surface area contributed by atoms with Gasteiger partial charge in [0.1, 0.15) is 11.2 Å². The molecule has 11 nitrogen and oxygen atoms in total. The van der Waals surface area contributed by atoms with E-state index in [0.717, 1.165) is 6.07 Å². The molecule has 3 heterocycles. The van der Waals surface area contributed by atoms with Gasteiger partial charge in [-0.1, -0.05) is 0 Å². The van der Waals surface area contributed by atoms with Crippen LogP contribution < -0.4 is 25.7 Å². The number of anilines is 1. The molecular formula is C25H29F2N5O6. The predicted molar refractivity (Wildman–Crippen MR) is 135 cm³/mol. The van der Waals surface area contributed by atoms with Crippen LogP contribution in [0.1, 0.15) is 20.8 Å². The molecule has 1 fully saturated rings. The molecule has 0 aliphatic carbocycles. The summed E-state index contributed by atoms with van der Waals surface area (Å²) in [6.07, 6.45) is 0.843. The topological polar surface area (TPSA) is 126 Å². The zero-order valence-corrected chi connectivity index (χ0v) is 21.8. The SMILES string of the molecule is COc1cc(OC)c(F)c(-c2cc3cnc(N[C@@H]4COC[C@@H]4NC(=O)OC(C)(C)C)nc3n(C)c2=O)c1F. The summed E-state index contributed by atoms with van der Waals surface area (Å²) in [5, 5.41) is 6.23. The van der Waals surface area contributed by atoms with Crippen molar-refractivity contribution in [3.8, 4) is 22.6 Å². The molecule has 1 aliphatic rings. The molecule has 38 heavy (non-hydrogen) atoms. The Morgan fingerprint density at radius 3 is 2.34 bits per heavy atom. The Bertz CT molecular complexity index is 1410. The third-order valence-electron chi connectivity index (χ3n) is 5.89. The van der Waals surface area contributed by atoms with Gasteiger partial charge in [-0.2, -0.15) is 4.98 Å². The number of hydrogen-bond donors (Lipinski definition) is 2. The number of nitrogens with one attached hydrogen (secondary N) is 2. The number of benzene rings is 1. The van der Waals surface area contributed by atoms with E-state index in [9.17, 15) is 9.59 Å². The largest absolute Gasteiger partial charge is 0.494 e. The molecule has 4 rings (SSSR count). The van der Waals surface area contributed by atoms with Crippen molar-refractivity contribution in [3.05, 3.63) is 40.3 Å². The normalized spacial score (nSPS) is 17.4. The van der Waals surface area contributed by atoms with Gasteiger partial charge in [-0.3, -0.25) is 9.36 Å². The molecule has 0 saturated carbocycles. The second kappa shape index (κ2) is 10.4. The minimum Gasteiger partial charge on any atom is -0.494 e. The summed E-state index contributed by atoms with van der Waals surface area (Å²) in [6.45, 7) is 5.82. The van der Waals surface area contributed by atoms with Crippen LogP contribution in [-0.4, -0.2) is 65.7 Å². The fourth-order valence-electron chi connectivity index (χ4n) is 4.08. The minimum absolute atomic E-state index is 0.173. The second-order valence-corrected chi connectivity index (χ2v) is 9.72. The van der Waals surface area contributed by atoms with Crippen LogP contribution in [0.2, 0.25) is 0 Å². The summed E-state index contributed by atoms with van der Waals surface area (Å²) in [4.78, 5) is 34.1. The molecule has 0 unspecified atom stereocenters. The van der Waals surface area contributed by atoms with Gasteiger partial charge in [-0.05, 0) is 26.8 Å². The summed E-state index contributed by atoms with van der Waals surface area (Å²) in [6, 6.07) is 1.60. The molecule has 2 atom stereocenters. The first-order chi connectivity index (χ1) is 17.9.